The van der Waals surface area contributed by atoms with Gasteiger partial charge in [-0.15, -0.1) is 0 Å². The monoisotopic (exact) mass is 318 g/mol. The van der Waals surface area contributed by atoms with Crippen LogP contribution in [-0.2, 0) is 4.74 Å². The van der Waals surface area contributed by atoms with E-state index in [4.69, 9.17) is 4.74 Å². The van der Waals surface area contributed by atoms with Crippen LogP contribution in [0, 0.1) is 0 Å². The van der Waals surface area contributed by atoms with Gasteiger partial charge in [0.15, 0.2) is 0 Å². The molecule has 0 saturated heterocycles. The number of rotatable bonds is 5. The van der Waals surface area contributed by atoms with E-state index in [1.807, 2.05) is 26.8 Å². The van der Waals surface area contributed by atoms with Crippen LogP contribution in [0.3, 0.4) is 0 Å². The molecule has 2 N–H and O–H groups in total. The Morgan fingerprint density at radius 1 is 1.22 bits per heavy atom. The fraction of sp³-hybridized carbons (Fsp3) is 0.632. The molecule has 1 aliphatic carbocycles. The first-order valence-corrected chi connectivity index (χ1v) is 8.68. The number of ether oxygens (including phenoxy) is 1. The van der Waals surface area contributed by atoms with Crippen molar-refractivity contribution in [1.29, 1.82) is 0 Å². The lowest BCUT2D eigenvalue weighted by molar-refractivity contribution is 0.0505. The van der Waals surface area contributed by atoms with Gasteiger partial charge in [-0.1, -0.05) is 37.3 Å². The van der Waals surface area contributed by atoms with Crippen molar-refractivity contribution in [3.05, 3.63) is 35.9 Å². The van der Waals surface area contributed by atoms with E-state index in [0.29, 0.717) is 12.1 Å². The third-order valence-corrected chi connectivity index (χ3v) is 4.20. The highest BCUT2D eigenvalue weighted by molar-refractivity contribution is 5.68. The number of benzene rings is 1. The maximum absolute atomic E-state index is 11.9. The molecule has 3 atom stereocenters. The summed E-state index contributed by atoms with van der Waals surface area (Å²) >= 11 is 0. The van der Waals surface area contributed by atoms with E-state index in [1.54, 1.807) is 0 Å². The summed E-state index contributed by atoms with van der Waals surface area (Å²) in [6.45, 7) is 7.86. The molecule has 0 spiro atoms. The van der Waals surface area contributed by atoms with Gasteiger partial charge in [0.25, 0.3) is 0 Å². The van der Waals surface area contributed by atoms with Crippen molar-refractivity contribution in [1.82, 2.24) is 10.6 Å². The van der Waals surface area contributed by atoms with Crippen molar-refractivity contribution in [3.8, 4) is 0 Å². The van der Waals surface area contributed by atoms with Crippen LogP contribution < -0.4 is 10.6 Å². The molecule has 1 amide bonds. The molecule has 1 aromatic rings. The zero-order chi connectivity index (χ0) is 16.9. The molecule has 128 valence electrons. The fourth-order valence-electron chi connectivity index (χ4n) is 3.16. The van der Waals surface area contributed by atoms with Crippen molar-refractivity contribution in [3.63, 3.8) is 0 Å². The molecule has 3 unspecified atom stereocenters. The molecule has 0 bridgehead atoms. The summed E-state index contributed by atoms with van der Waals surface area (Å²) in [4.78, 5) is 11.9. The number of nitrogens with one attached hydrogen (secondary N) is 2. The second kappa shape index (κ2) is 7.82. The van der Waals surface area contributed by atoms with Gasteiger partial charge < -0.3 is 15.4 Å². The first-order valence-electron chi connectivity index (χ1n) is 8.68. The Hall–Kier alpha value is -1.55. The highest BCUT2D eigenvalue weighted by Crippen LogP contribution is 2.24. The van der Waals surface area contributed by atoms with Gasteiger partial charge in [0.05, 0.1) is 0 Å². The van der Waals surface area contributed by atoms with Gasteiger partial charge in [-0.25, -0.2) is 4.79 Å². The van der Waals surface area contributed by atoms with Crippen LogP contribution in [0.25, 0.3) is 0 Å². The summed E-state index contributed by atoms with van der Waals surface area (Å²) in [5, 5.41) is 6.74. The summed E-state index contributed by atoms with van der Waals surface area (Å²) in [6, 6.07) is 11.6. The van der Waals surface area contributed by atoms with Crippen molar-refractivity contribution in [2.75, 3.05) is 0 Å². The van der Waals surface area contributed by atoms with E-state index < -0.39 is 5.60 Å². The first-order chi connectivity index (χ1) is 10.9. The van der Waals surface area contributed by atoms with Crippen LogP contribution in [0.4, 0.5) is 4.79 Å². The lowest BCUT2D eigenvalue weighted by Crippen LogP contribution is -2.39. The third-order valence-electron chi connectivity index (χ3n) is 4.20. The Labute approximate surface area is 140 Å². The standard InChI is InChI=1S/C19H30N2O2/c1-5-17(14-9-7-6-8-10-14)20-15-11-12-16(13-15)21-18(22)23-19(2,3)4/h6-10,15-17,20H,5,11-13H2,1-4H3,(H,21,22). The van der Waals surface area contributed by atoms with Crippen LogP contribution in [0.1, 0.15) is 65.0 Å². The highest BCUT2D eigenvalue weighted by atomic mass is 16.6. The Morgan fingerprint density at radius 2 is 1.87 bits per heavy atom. The molecule has 0 heterocycles. The summed E-state index contributed by atoms with van der Waals surface area (Å²) in [5.74, 6) is 0. The average Bonchev–Trinajstić information content (AvgIpc) is 2.90. The van der Waals surface area contributed by atoms with E-state index in [0.717, 1.165) is 25.7 Å². The maximum atomic E-state index is 11.9. The fourth-order valence-corrected chi connectivity index (χ4v) is 3.16. The van der Waals surface area contributed by atoms with Crippen molar-refractivity contribution >= 4 is 6.09 Å². The number of hydrogen-bond acceptors (Lipinski definition) is 3. The Kier molecular flexibility index (Phi) is 6.05. The van der Waals surface area contributed by atoms with Crippen LogP contribution in [0.2, 0.25) is 0 Å². The zero-order valence-corrected chi connectivity index (χ0v) is 14.8. The molecule has 1 aromatic carbocycles. The quantitative estimate of drug-likeness (QED) is 0.856. The summed E-state index contributed by atoms with van der Waals surface area (Å²) < 4.78 is 5.34. The van der Waals surface area contributed by atoms with E-state index in [2.05, 4.69) is 41.8 Å². The summed E-state index contributed by atoms with van der Waals surface area (Å²) in [7, 11) is 0. The Balaban J connectivity index is 1.82. The molecule has 2 rings (SSSR count). The predicted octanol–water partition coefficient (Wildman–Crippen LogP) is 4.17. The zero-order valence-electron chi connectivity index (χ0n) is 14.8. The normalized spacial score (nSPS) is 22.6. The molecule has 1 saturated carbocycles. The highest BCUT2D eigenvalue weighted by Gasteiger charge is 2.28. The smallest absolute Gasteiger partial charge is 0.407 e. The van der Waals surface area contributed by atoms with Crippen molar-refractivity contribution in [2.45, 2.75) is 77.1 Å². The van der Waals surface area contributed by atoms with Gasteiger partial charge in [-0.2, -0.15) is 0 Å². The van der Waals surface area contributed by atoms with E-state index >= 15 is 0 Å². The number of carbonyl (C=O) groups excluding carboxylic acids is 1. The minimum absolute atomic E-state index is 0.204. The molecule has 23 heavy (non-hydrogen) atoms. The second-order valence-corrected chi connectivity index (χ2v) is 7.39. The molecular formula is C19H30N2O2. The lowest BCUT2D eigenvalue weighted by Gasteiger charge is -2.23. The van der Waals surface area contributed by atoms with Gasteiger partial charge in [0.2, 0.25) is 0 Å². The van der Waals surface area contributed by atoms with E-state index in [9.17, 15) is 4.79 Å². The van der Waals surface area contributed by atoms with E-state index in [-0.39, 0.29) is 12.1 Å². The number of amides is 1. The van der Waals surface area contributed by atoms with Gasteiger partial charge in [-0.05, 0) is 52.0 Å². The molecule has 4 nitrogen and oxygen atoms in total. The average molecular weight is 318 g/mol. The van der Waals surface area contributed by atoms with Crippen LogP contribution in [0.15, 0.2) is 30.3 Å². The molecule has 0 radical (unpaired) electrons. The van der Waals surface area contributed by atoms with Crippen molar-refractivity contribution in [2.24, 2.45) is 0 Å². The van der Waals surface area contributed by atoms with Crippen molar-refractivity contribution < 1.29 is 9.53 Å². The lowest BCUT2D eigenvalue weighted by atomic mass is 10.0. The van der Waals surface area contributed by atoms with Gasteiger partial charge >= 0.3 is 6.09 Å². The maximum Gasteiger partial charge on any atom is 0.407 e. The predicted molar refractivity (Wildman–Crippen MR) is 93.4 cm³/mol. The van der Waals surface area contributed by atoms with Gasteiger partial charge in [0, 0.05) is 18.1 Å². The Morgan fingerprint density at radius 3 is 2.48 bits per heavy atom. The SMILES string of the molecule is CCC(NC1CCC(NC(=O)OC(C)(C)C)C1)c1ccccc1. The number of alkyl carbamates (subject to hydrolysis) is 1. The van der Waals surface area contributed by atoms with Gasteiger partial charge in [0.1, 0.15) is 5.60 Å². The summed E-state index contributed by atoms with van der Waals surface area (Å²) in [6.07, 6.45) is 3.80. The second-order valence-electron chi connectivity index (χ2n) is 7.39. The molecule has 0 aromatic heterocycles. The topological polar surface area (TPSA) is 50.4 Å². The van der Waals surface area contributed by atoms with E-state index in [1.165, 1.54) is 5.56 Å². The number of hydrogen-bond donors (Lipinski definition) is 2. The van der Waals surface area contributed by atoms with Crippen LogP contribution in [-0.4, -0.2) is 23.8 Å². The van der Waals surface area contributed by atoms with Gasteiger partial charge in [-0.3, -0.25) is 0 Å². The molecule has 1 aliphatic rings. The molecular weight excluding hydrogens is 288 g/mol. The minimum Gasteiger partial charge on any atom is -0.444 e. The molecule has 0 aliphatic heterocycles. The molecule has 4 heteroatoms. The van der Waals surface area contributed by atoms with Crippen LogP contribution >= 0.6 is 0 Å². The third kappa shape index (κ3) is 5.87. The first kappa shape index (κ1) is 17.8. The number of carbonyl (C=O) groups is 1. The minimum atomic E-state index is -0.443. The molecule has 1 fully saturated rings. The van der Waals surface area contributed by atoms with Crippen LogP contribution in [0.5, 0.6) is 0 Å². The largest absolute Gasteiger partial charge is 0.444 e. The Bertz CT molecular complexity index is 496. The summed E-state index contributed by atoms with van der Waals surface area (Å²) in [5.41, 5.74) is 0.888.